The number of nitrogens with zero attached hydrogens (tertiary/aromatic N) is 3. The molecule has 3 rings (SSSR count). The molecule has 0 amide bonds. The van der Waals surface area contributed by atoms with E-state index in [-0.39, 0.29) is 17.7 Å². The minimum atomic E-state index is 0.102. The maximum absolute atomic E-state index is 12.9. The van der Waals surface area contributed by atoms with Crippen LogP contribution in [0.3, 0.4) is 0 Å². The van der Waals surface area contributed by atoms with Crippen molar-refractivity contribution in [2.75, 3.05) is 13.1 Å². The molecule has 2 aromatic rings. The number of aromatic nitrogens is 2. The van der Waals surface area contributed by atoms with Crippen LogP contribution in [-0.2, 0) is 6.42 Å². The van der Waals surface area contributed by atoms with E-state index in [4.69, 9.17) is 4.52 Å². The van der Waals surface area contributed by atoms with Crippen molar-refractivity contribution in [1.82, 2.24) is 15.0 Å². The van der Waals surface area contributed by atoms with Crippen molar-refractivity contribution in [3.63, 3.8) is 0 Å². The molecule has 0 unspecified atom stereocenters. The lowest BCUT2D eigenvalue weighted by Gasteiger charge is -2.34. The summed E-state index contributed by atoms with van der Waals surface area (Å²) in [4.78, 5) is 19.6. The molecule has 5 nitrogen and oxygen atoms in total. The van der Waals surface area contributed by atoms with E-state index in [2.05, 4.69) is 35.0 Å². The van der Waals surface area contributed by atoms with E-state index in [9.17, 15) is 4.79 Å². The zero-order chi connectivity index (χ0) is 18.0. The summed E-state index contributed by atoms with van der Waals surface area (Å²) in [6.07, 6.45) is 2.54. The number of benzene rings is 1. The van der Waals surface area contributed by atoms with Crippen molar-refractivity contribution < 1.29 is 9.32 Å². The van der Waals surface area contributed by atoms with E-state index >= 15 is 0 Å². The predicted molar refractivity (Wildman–Crippen MR) is 96.6 cm³/mol. The molecule has 134 valence electrons. The number of hydrogen-bond donors (Lipinski definition) is 0. The average Bonchev–Trinajstić information content (AvgIpc) is 3.10. The highest BCUT2D eigenvalue weighted by atomic mass is 16.5. The third-order valence-corrected chi connectivity index (χ3v) is 5.25. The van der Waals surface area contributed by atoms with Gasteiger partial charge in [-0.3, -0.25) is 9.69 Å². The normalized spacial score (nSPS) is 17.6. The molecule has 0 bridgehead atoms. The molecular weight excluding hydrogens is 314 g/mol. The molecule has 0 spiro atoms. The highest BCUT2D eigenvalue weighted by Crippen LogP contribution is 2.28. The van der Waals surface area contributed by atoms with Crippen LogP contribution in [0, 0.1) is 19.8 Å². The summed E-state index contributed by atoms with van der Waals surface area (Å²) in [6, 6.07) is 6.20. The molecule has 0 saturated carbocycles. The van der Waals surface area contributed by atoms with E-state index < -0.39 is 0 Å². The minimum absolute atomic E-state index is 0.102. The first kappa shape index (κ1) is 17.8. The maximum atomic E-state index is 12.9. The van der Waals surface area contributed by atoms with Crippen LogP contribution in [0.5, 0.6) is 0 Å². The molecule has 5 heteroatoms. The lowest BCUT2D eigenvalue weighted by atomic mass is 9.86. The first-order valence-corrected chi connectivity index (χ1v) is 9.17. The maximum Gasteiger partial charge on any atom is 0.243 e. The van der Waals surface area contributed by atoms with Crippen LogP contribution in [0.15, 0.2) is 22.7 Å². The molecule has 1 fully saturated rings. The van der Waals surface area contributed by atoms with Gasteiger partial charge in [0.1, 0.15) is 0 Å². The summed E-state index contributed by atoms with van der Waals surface area (Å²) in [6.45, 7) is 9.96. The van der Waals surface area contributed by atoms with Gasteiger partial charge in [-0.2, -0.15) is 4.98 Å². The number of carbonyl (C=O) groups excluding carboxylic acids is 1. The Kier molecular flexibility index (Phi) is 5.33. The lowest BCUT2D eigenvalue weighted by Crippen LogP contribution is -2.38. The van der Waals surface area contributed by atoms with Crippen LogP contribution in [0.2, 0.25) is 0 Å². The predicted octanol–water partition coefficient (Wildman–Crippen LogP) is 3.90. The highest BCUT2D eigenvalue weighted by molar-refractivity contribution is 5.99. The number of carbonyl (C=O) groups is 1. The zero-order valence-corrected chi connectivity index (χ0v) is 15.6. The number of likely N-dealkylation sites (tertiary alicyclic amines) is 1. The molecular formula is C20H27N3O2. The Bertz CT molecular complexity index is 745. The Morgan fingerprint density at radius 2 is 2.04 bits per heavy atom. The Hall–Kier alpha value is -2.01. The van der Waals surface area contributed by atoms with E-state index in [1.165, 1.54) is 5.56 Å². The standard InChI is InChI=1S/C20H27N3O2/c1-5-18-21-20(25-22-18)15(4)23-10-8-16(9-11-23)19(24)17-7-6-13(2)12-14(17)3/h6-7,12,15-16H,5,8-11H2,1-4H3/t15-/m1/s1. The molecule has 1 atom stereocenters. The van der Waals surface area contributed by atoms with Crippen molar-refractivity contribution in [2.24, 2.45) is 5.92 Å². The van der Waals surface area contributed by atoms with Gasteiger partial charge in [0.15, 0.2) is 11.6 Å². The third-order valence-electron chi connectivity index (χ3n) is 5.25. The van der Waals surface area contributed by atoms with Gasteiger partial charge in [-0.1, -0.05) is 35.8 Å². The van der Waals surface area contributed by atoms with Crippen molar-refractivity contribution in [3.8, 4) is 0 Å². The number of hydrogen-bond acceptors (Lipinski definition) is 5. The van der Waals surface area contributed by atoms with E-state index in [0.717, 1.165) is 49.3 Å². The third kappa shape index (κ3) is 3.82. The first-order valence-electron chi connectivity index (χ1n) is 9.17. The van der Waals surface area contributed by atoms with Crippen molar-refractivity contribution in [3.05, 3.63) is 46.6 Å². The van der Waals surface area contributed by atoms with Crippen LogP contribution in [0.25, 0.3) is 0 Å². The van der Waals surface area contributed by atoms with E-state index in [1.807, 2.05) is 26.0 Å². The summed E-state index contributed by atoms with van der Waals surface area (Å²) in [5.74, 6) is 1.83. The SMILES string of the molecule is CCc1noc([C@@H](C)N2CCC(C(=O)c3ccc(C)cc3C)CC2)n1. The highest BCUT2D eigenvalue weighted by Gasteiger charge is 2.30. The fourth-order valence-electron chi connectivity index (χ4n) is 3.60. The van der Waals surface area contributed by atoms with Gasteiger partial charge in [-0.25, -0.2) is 0 Å². The van der Waals surface area contributed by atoms with Crippen molar-refractivity contribution in [1.29, 1.82) is 0 Å². The largest absolute Gasteiger partial charge is 0.338 e. The quantitative estimate of drug-likeness (QED) is 0.772. The van der Waals surface area contributed by atoms with E-state index in [1.54, 1.807) is 0 Å². The number of piperidine rings is 1. The molecule has 2 heterocycles. The van der Waals surface area contributed by atoms with Gasteiger partial charge in [0.05, 0.1) is 6.04 Å². The van der Waals surface area contributed by atoms with Crippen LogP contribution >= 0.6 is 0 Å². The molecule has 0 aliphatic carbocycles. The molecule has 0 N–H and O–H groups in total. The van der Waals surface area contributed by atoms with Crippen molar-refractivity contribution in [2.45, 2.75) is 53.0 Å². The molecule has 0 radical (unpaired) electrons. The monoisotopic (exact) mass is 341 g/mol. The Balaban J connectivity index is 1.62. The van der Waals surface area contributed by atoms with E-state index in [0.29, 0.717) is 5.89 Å². The number of aryl methyl sites for hydroxylation is 3. The smallest absolute Gasteiger partial charge is 0.243 e. The second kappa shape index (κ2) is 7.48. The van der Waals surface area contributed by atoms with Gasteiger partial charge in [0.25, 0.3) is 0 Å². The summed E-state index contributed by atoms with van der Waals surface area (Å²) in [7, 11) is 0. The summed E-state index contributed by atoms with van der Waals surface area (Å²) in [5.41, 5.74) is 3.16. The summed E-state index contributed by atoms with van der Waals surface area (Å²) in [5, 5.41) is 3.98. The van der Waals surface area contributed by atoms with Gasteiger partial charge in [-0.05, 0) is 52.3 Å². The fraction of sp³-hybridized carbons (Fsp3) is 0.550. The molecule has 1 saturated heterocycles. The zero-order valence-electron chi connectivity index (χ0n) is 15.6. The van der Waals surface area contributed by atoms with Crippen LogP contribution in [0.1, 0.15) is 65.9 Å². The second-order valence-corrected chi connectivity index (χ2v) is 7.07. The Morgan fingerprint density at radius 1 is 1.32 bits per heavy atom. The van der Waals surface area contributed by atoms with Gasteiger partial charge in [-0.15, -0.1) is 0 Å². The topological polar surface area (TPSA) is 59.2 Å². The summed E-state index contributed by atoms with van der Waals surface area (Å²) >= 11 is 0. The molecule has 25 heavy (non-hydrogen) atoms. The fourth-order valence-corrected chi connectivity index (χ4v) is 3.60. The van der Waals surface area contributed by atoms with Gasteiger partial charge in [0, 0.05) is 17.9 Å². The summed E-state index contributed by atoms with van der Waals surface area (Å²) < 4.78 is 5.37. The second-order valence-electron chi connectivity index (χ2n) is 7.07. The van der Waals surface area contributed by atoms with Crippen molar-refractivity contribution >= 4 is 5.78 Å². The minimum Gasteiger partial charge on any atom is -0.338 e. The molecule has 1 aromatic carbocycles. The van der Waals surface area contributed by atoms with Gasteiger partial charge >= 0.3 is 0 Å². The molecule has 1 aromatic heterocycles. The number of Topliss-reactive ketones (excluding diaryl/α,β-unsaturated/α-hetero) is 1. The van der Waals surface area contributed by atoms with Crippen LogP contribution < -0.4 is 0 Å². The van der Waals surface area contributed by atoms with Crippen LogP contribution in [-0.4, -0.2) is 33.9 Å². The number of rotatable bonds is 5. The number of ketones is 1. The Morgan fingerprint density at radius 3 is 2.64 bits per heavy atom. The molecule has 1 aliphatic rings. The van der Waals surface area contributed by atoms with Gasteiger partial charge in [0.2, 0.25) is 5.89 Å². The van der Waals surface area contributed by atoms with Crippen LogP contribution in [0.4, 0.5) is 0 Å². The lowest BCUT2D eigenvalue weighted by molar-refractivity contribution is 0.0774. The Labute approximate surface area is 149 Å². The average molecular weight is 341 g/mol. The molecule has 1 aliphatic heterocycles. The first-order chi connectivity index (χ1) is 12.0. The van der Waals surface area contributed by atoms with Gasteiger partial charge < -0.3 is 4.52 Å².